The van der Waals surface area contributed by atoms with E-state index >= 15 is 0 Å². The van der Waals surface area contributed by atoms with Gasteiger partial charge < -0.3 is 0 Å². The number of nitrogens with zero attached hydrogens (tertiary/aromatic N) is 2. The van der Waals surface area contributed by atoms with E-state index in [2.05, 4.69) is 24.1 Å². The molecule has 1 fully saturated rings. The van der Waals surface area contributed by atoms with Crippen LogP contribution < -0.4 is 0 Å². The lowest BCUT2D eigenvalue weighted by Gasteiger charge is -2.39. The second-order valence-electron chi connectivity index (χ2n) is 5.43. The normalized spacial score (nSPS) is 22.0. The fraction of sp³-hybridized carbons (Fsp3) is 0.600. The van der Waals surface area contributed by atoms with Crippen molar-refractivity contribution in [2.75, 3.05) is 32.4 Å². The number of hydrogen-bond donors (Lipinski definition) is 0. The van der Waals surface area contributed by atoms with Crippen molar-refractivity contribution in [3.63, 3.8) is 0 Å². The van der Waals surface area contributed by atoms with Crippen molar-refractivity contribution < 1.29 is 8.42 Å². The van der Waals surface area contributed by atoms with Crippen LogP contribution in [-0.2, 0) is 10.0 Å². The Morgan fingerprint density at radius 3 is 2.55 bits per heavy atom. The highest BCUT2D eigenvalue weighted by Gasteiger charge is 2.31. The molecule has 1 atom stereocenters. The number of benzene rings is 1. The van der Waals surface area contributed by atoms with E-state index in [0.717, 1.165) is 19.4 Å². The van der Waals surface area contributed by atoms with Crippen LogP contribution in [0.3, 0.4) is 0 Å². The molecule has 1 aliphatic heterocycles. The van der Waals surface area contributed by atoms with Gasteiger partial charge in [-0.25, -0.2) is 8.42 Å². The van der Waals surface area contributed by atoms with E-state index in [0.29, 0.717) is 13.1 Å². The van der Waals surface area contributed by atoms with E-state index in [-0.39, 0.29) is 11.8 Å². The van der Waals surface area contributed by atoms with Crippen molar-refractivity contribution in [1.29, 1.82) is 0 Å². The lowest BCUT2D eigenvalue weighted by molar-refractivity contribution is 0.148. The van der Waals surface area contributed by atoms with Crippen LogP contribution in [0.25, 0.3) is 0 Å². The van der Waals surface area contributed by atoms with Crippen LogP contribution in [0.1, 0.15) is 31.4 Å². The van der Waals surface area contributed by atoms with Crippen molar-refractivity contribution in [2.45, 2.75) is 25.8 Å². The highest BCUT2D eigenvalue weighted by Crippen LogP contribution is 2.25. The zero-order valence-corrected chi connectivity index (χ0v) is 13.1. The molecule has 0 aliphatic carbocycles. The second-order valence-corrected chi connectivity index (χ2v) is 7.52. The molecule has 0 N–H and O–H groups in total. The van der Waals surface area contributed by atoms with Gasteiger partial charge in [0.1, 0.15) is 0 Å². The minimum atomic E-state index is -3.10. The van der Waals surface area contributed by atoms with E-state index in [1.807, 2.05) is 25.1 Å². The number of likely N-dealkylation sites (N-methyl/N-ethyl adjacent to an activating group) is 1. The Morgan fingerprint density at radius 1 is 1.20 bits per heavy atom. The van der Waals surface area contributed by atoms with Gasteiger partial charge >= 0.3 is 0 Å². The van der Waals surface area contributed by atoms with Crippen LogP contribution >= 0.6 is 0 Å². The summed E-state index contributed by atoms with van der Waals surface area (Å²) in [5, 5.41) is 0. The molecule has 0 bridgehead atoms. The first kappa shape index (κ1) is 15.5. The molecule has 1 aromatic carbocycles. The van der Waals surface area contributed by atoms with Gasteiger partial charge in [0.05, 0.1) is 5.75 Å². The maximum Gasteiger partial charge on any atom is 0.214 e. The summed E-state index contributed by atoms with van der Waals surface area (Å²) in [7, 11) is -1.04. The minimum absolute atomic E-state index is 0.154. The van der Waals surface area contributed by atoms with Crippen LogP contribution in [0.15, 0.2) is 30.3 Å². The van der Waals surface area contributed by atoms with Gasteiger partial charge in [0.25, 0.3) is 0 Å². The summed E-state index contributed by atoms with van der Waals surface area (Å²) in [4.78, 5) is 2.24. The molecule has 4 nitrogen and oxygen atoms in total. The second kappa shape index (κ2) is 6.70. The van der Waals surface area contributed by atoms with Gasteiger partial charge in [0, 0.05) is 25.7 Å². The predicted molar refractivity (Wildman–Crippen MR) is 82.1 cm³/mol. The molecule has 1 aromatic rings. The minimum Gasteiger partial charge on any atom is -0.297 e. The van der Waals surface area contributed by atoms with Gasteiger partial charge in [-0.1, -0.05) is 43.7 Å². The summed E-state index contributed by atoms with van der Waals surface area (Å²) in [5.41, 5.74) is 1.19. The average molecular weight is 296 g/mol. The molecule has 0 aromatic heterocycles. The Balaban J connectivity index is 2.12. The van der Waals surface area contributed by atoms with Gasteiger partial charge in [-0.2, -0.15) is 4.31 Å². The molecule has 112 valence electrons. The third kappa shape index (κ3) is 3.59. The maximum atomic E-state index is 12.3. The number of sulfonamides is 1. The lowest BCUT2D eigenvalue weighted by Crippen LogP contribution is -2.49. The average Bonchev–Trinajstić information content (AvgIpc) is 2.46. The Morgan fingerprint density at radius 2 is 1.90 bits per heavy atom. The standard InChI is InChI=1S/C15H24N2O2S/c1-3-4-12-20(18,19)17-11-10-16(2)15(13-17)14-8-6-5-7-9-14/h5-9,15H,3-4,10-13H2,1-2H3. The Labute approximate surface area is 122 Å². The molecular formula is C15H24N2O2S. The van der Waals surface area contributed by atoms with Crippen molar-refractivity contribution >= 4 is 10.0 Å². The Hall–Kier alpha value is -0.910. The number of rotatable bonds is 5. The fourth-order valence-corrected chi connectivity index (χ4v) is 4.23. The molecule has 0 amide bonds. The van der Waals surface area contributed by atoms with Crippen molar-refractivity contribution in [3.05, 3.63) is 35.9 Å². The Bertz CT molecular complexity index is 516. The van der Waals surface area contributed by atoms with Gasteiger partial charge in [0.15, 0.2) is 0 Å². The molecular weight excluding hydrogens is 272 g/mol. The topological polar surface area (TPSA) is 40.6 Å². The first-order valence-electron chi connectivity index (χ1n) is 7.27. The SMILES string of the molecule is CCCCS(=O)(=O)N1CCN(C)C(c2ccccc2)C1. The van der Waals surface area contributed by atoms with Crippen LogP contribution in [-0.4, -0.2) is 50.1 Å². The van der Waals surface area contributed by atoms with E-state index in [1.165, 1.54) is 5.56 Å². The number of unbranched alkanes of at least 4 members (excludes halogenated alkanes) is 1. The van der Waals surface area contributed by atoms with E-state index in [1.54, 1.807) is 4.31 Å². The van der Waals surface area contributed by atoms with Crippen LogP contribution in [0.5, 0.6) is 0 Å². The van der Waals surface area contributed by atoms with Gasteiger partial charge in [-0.15, -0.1) is 0 Å². The Kier molecular flexibility index (Phi) is 5.18. The zero-order chi connectivity index (χ0) is 14.6. The first-order valence-corrected chi connectivity index (χ1v) is 8.88. The molecule has 1 unspecified atom stereocenters. The smallest absolute Gasteiger partial charge is 0.214 e. The van der Waals surface area contributed by atoms with Gasteiger partial charge in [-0.3, -0.25) is 4.90 Å². The molecule has 0 saturated carbocycles. The highest BCUT2D eigenvalue weighted by molar-refractivity contribution is 7.89. The summed E-state index contributed by atoms with van der Waals surface area (Å²) in [5.74, 6) is 0.273. The zero-order valence-electron chi connectivity index (χ0n) is 12.3. The third-order valence-corrected chi connectivity index (χ3v) is 5.87. The summed E-state index contributed by atoms with van der Waals surface area (Å²) in [6.45, 7) is 3.97. The van der Waals surface area contributed by atoms with Crippen LogP contribution in [0, 0.1) is 0 Å². The molecule has 1 saturated heterocycles. The largest absolute Gasteiger partial charge is 0.297 e. The fourth-order valence-electron chi connectivity index (χ4n) is 2.59. The molecule has 1 heterocycles. The van der Waals surface area contributed by atoms with E-state index in [4.69, 9.17) is 0 Å². The molecule has 0 spiro atoms. The summed E-state index contributed by atoms with van der Waals surface area (Å²) >= 11 is 0. The quantitative estimate of drug-likeness (QED) is 0.835. The maximum absolute atomic E-state index is 12.3. The first-order chi connectivity index (χ1) is 9.54. The van der Waals surface area contributed by atoms with Crippen molar-refractivity contribution in [3.8, 4) is 0 Å². The summed E-state index contributed by atoms with van der Waals surface area (Å²) < 4.78 is 26.3. The highest BCUT2D eigenvalue weighted by atomic mass is 32.2. The lowest BCUT2D eigenvalue weighted by atomic mass is 10.0. The van der Waals surface area contributed by atoms with E-state index in [9.17, 15) is 8.42 Å². The number of hydrogen-bond acceptors (Lipinski definition) is 3. The van der Waals surface area contributed by atoms with Crippen LogP contribution in [0.2, 0.25) is 0 Å². The van der Waals surface area contributed by atoms with Crippen molar-refractivity contribution in [1.82, 2.24) is 9.21 Å². The van der Waals surface area contributed by atoms with Gasteiger partial charge in [0.2, 0.25) is 10.0 Å². The summed E-state index contributed by atoms with van der Waals surface area (Å²) in [6.07, 6.45) is 1.65. The predicted octanol–water partition coefficient (Wildman–Crippen LogP) is 2.10. The van der Waals surface area contributed by atoms with Crippen molar-refractivity contribution in [2.24, 2.45) is 0 Å². The van der Waals surface area contributed by atoms with E-state index < -0.39 is 10.0 Å². The summed E-state index contributed by atoms with van der Waals surface area (Å²) in [6, 6.07) is 10.3. The van der Waals surface area contributed by atoms with Gasteiger partial charge in [-0.05, 0) is 19.0 Å². The molecule has 2 rings (SSSR count). The molecule has 1 aliphatic rings. The molecule has 5 heteroatoms. The molecule has 0 radical (unpaired) electrons. The van der Waals surface area contributed by atoms with Crippen LogP contribution in [0.4, 0.5) is 0 Å². The monoisotopic (exact) mass is 296 g/mol. The molecule has 20 heavy (non-hydrogen) atoms. The third-order valence-electron chi connectivity index (χ3n) is 3.94. The number of piperazine rings is 1.